The van der Waals surface area contributed by atoms with Crippen LogP contribution >= 0.6 is 0 Å². The summed E-state index contributed by atoms with van der Waals surface area (Å²) >= 11 is 0. The summed E-state index contributed by atoms with van der Waals surface area (Å²) in [5, 5.41) is 21.5. The SMILES string of the molecule is Cc1ccc(C(O)C(C)NCC(=O)O)c(C)c1. The van der Waals surface area contributed by atoms with Crippen LogP contribution in [-0.4, -0.2) is 28.8 Å². The van der Waals surface area contributed by atoms with Crippen molar-refractivity contribution in [2.45, 2.75) is 32.9 Å². The van der Waals surface area contributed by atoms with E-state index in [-0.39, 0.29) is 12.6 Å². The van der Waals surface area contributed by atoms with Crippen LogP contribution in [0.4, 0.5) is 0 Å². The summed E-state index contributed by atoms with van der Waals surface area (Å²) in [5.41, 5.74) is 2.99. The molecule has 4 nitrogen and oxygen atoms in total. The highest BCUT2D eigenvalue weighted by Crippen LogP contribution is 2.21. The maximum atomic E-state index is 10.4. The molecule has 1 aromatic rings. The summed E-state index contributed by atoms with van der Waals surface area (Å²) in [6.07, 6.45) is -0.699. The number of aliphatic hydroxyl groups excluding tert-OH is 1. The normalized spacial score (nSPS) is 14.4. The Morgan fingerprint density at radius 2 is 2.06 bits per heavy atom. The highest BCUT2D eigenvalue weighted by molar-refractivity contribution is 5.69. The molecule has 0 fully saturated rings. The lowest BCUT2D eigenvalue weighted by Gasteiger charge is -2.21. The second-order valence-corrected chi connectivity index (χ2v) is 4.37. The van der Waals surface area contributed by atoms with Gasteiger partial charge in [0.05, 0.1) is 12.6 Å². The van der Waals surface area contributed by atoms with E-state index in [1.165, 1.54) is 0 Å². The zero-order valence-electron chi connectivity index (χ0n) is 10.4. The molecular formula is C13H19NO3. The van der Waals surface area contributed by atoms with Crippen molar-refractivity contribution in [1.82, 2.24) is 5.32 Å². The third-order valence-electron chi connectivity index (χ3n) is 2.79. The predicted molar refractivity (Wildman–Crippen MR) is 66.0 cm³/mol. The molecule has 0 aromatic heterocycles. The van der Waals surface area contributed by atoms with Crippen molar-refractivity contribution in [3.63, 3.8) is 0 Å². The number of rotatable bonds is 5. The second kappa shape index (κ2) is 5.80. The third-order valence-corrected chi connectivity index (χ3v) is 2.79. The van der Waals surface area contributed by atoms with Gasteiger partial charge < -0.3 is 15.5 Å². The summed E-state index contributed by atoms with van der Waals surface area (Å²) in [7, 11) is 0. The Balaban J connectivity index is 2.74. The lowest BCUT2D eigenvalue weighted by molar-refractivity contribution is -0.136. The quantitative estimate of drug-likeness (QED) is 0.724. The molecule has 0 saturated carbocycles. The van der Waals surface area contributed by atoms with Gasteiger partial charge in [0.1, 0.15) is 0 Å². The summed E-state index contributed by atoms with van der Waals surface area (Å²) in [6, 6.07) is 5.53. The fraction of sp³-hybridized carbons (Fsp3) is 0.462. The van der Waals surface area contributed by atoms with Crippen LogP contribution in [0.25, 0.3) is 0 Å². The van der Waals surface area contributed by atoms with E-state index in [1.54, 1.807) is 6.92 Å². The van der Waals surface area contributed by atoms with E-state index < -0.39 is 12.1 Å². The number of carbonyl (C=O) groups is 1. The minimum atomic E-state index is -0.926. The van der Waals surface area contributed by atoms with Crippen LogP contribution < -0.4 is 5.32 Å². The van der Waals surface area contributed by atoms with Gasteiger partial charge in [-0.15, -0.1) is 0 Å². The van der Waals surface area contributed by atoms with E-state index in [1.807, 2.05) is 32.0 Å². The molecule has 0 heterocycles. The second-order valence-electron chi connectivity index (χ2n) is 4.37. The van der Waals surface area contributed by atoms with E-state index in [0.717, 1.165) is 16.7 Å². The Morgan fingerprint density at radius 3 is 2.59 bits per heavy atom. The summed E-state index contributed by atoms with van der Waals surface area (Å²) in [5.74, 6) is -0.926. The first kappa shape index (κ1) is 13.7. The largest absolute Gasteiger partial charge is 0.480 e. The number of hydrogen-bond acceptors (Lipinski definition) is 3. The molecule has 4 heteroatoms. The fourth-order valence-corrected chi connectivity index (χ4v) is 1.79. The zero-order valence-corrected chi connectivity index (χ0v) is 10.4. The van der Waals surface area contributed by atoms with Crippen LogP contribution in [0.1, 0.15) is 29.7 Å². The predicted octanol–water partition coefficient (Wildman–Crippen LogP) is 1.40. The molecule has 0 aliphatic rings. The molecule has 0 spiro atoms. The first-order chi connectivity index (χ1) is 7.91. The van der Waals surface area contributed by atoms with E-state index in [9.17, 15) is 9.90 Å². The molecule has 0 aliphatic carbocycles. The van der Waals surface area contributed by atoms with Crippen LogP contribution in [-0.2, 0) is 4.79 Å². The Labute approximate surface area is 101 Å². The lowest BCUT2D eigenvalue weighted by Crippen LogP contribution is -2.36. The number of benzene rings is 1. The molecule has 0 aliphatic heterocycles. The van der Waals surface area contributed by atoms with Crippen molar-refractivity contribution >= 4 is 5.97 Å². The monoisotopic (exact) mass is 237 g/mol. The zero-order chi connectivity index (χ0) is 13.0. The van der Waals surface area contributed by atoms with Gasteiger partial charge in [-0.3, -0.25) is 4.79 Å². The van der Waals surface area contributed by atoms with Gasteiger partial charge in [-0.25, -0.2) is 0 Å². The molecule has 0 radical (unpaired) electrons. The molecule has 94 valence electrons. The summed E-state index contributed by atoms with van der Waals surface area (Å²) in [4.78, 5) is 10.4. The highest BCUT2D eigenvalue weighted by Gasteiger charge is 2.18. The van der Waals surface area contributed by atoms with Crippen LogP contribution in [0, 0.1) is 13.8 Å². The van der Waals surface area contributed by atoms with Gasteiger partial charge in [0.15, 0.2) is 0 Å². The number of aliphatic hydroxyl groups is 1. The molecule has 0 bridgehead atoms. The first-order valence-electron chi connectivity index (χ1n) is 5.62. The number of hydrogen-bond donors (Lipinski definition) is 3. The lowest BCUT2D eigenvalue weighted by atomic mass is 9.97. The number of carboxylic acids is 1. The molecule has 0 saturated heterocycles. The van der Waals surface area contributed by atoms with E-state index in [4.69, 9.17) is 5.11 Å². The van der Waals surface area contributed by atoms with Crippen LogP contribution in [0.3, 0.4) is 0 Å². The van der Waals surface area contributed by atoms with Gasteiger partial charge in [-0.05, 0) is 31.9 Å². The summed E-state index contributed by atoms with van der Waals surface area (Å²) in [6.45, 7) is 5.56. The highest BCUT2D eigenvalue weighted by atomic mass is 16.4. The van der Waals surface area contributed by atoms with Crippen molar-refractivity contribution in [2.75, 3.05) is 6.54 Å². The Morgan fingerprint density at radius 1 is 1.41 bits per heavy atom. The fourth-order valence-electron chi connectivity index (χ4n) is 1.79. The molecule has 3 N–H and O–H groups in total. The van der Waals surface area contributed by atoms with Crippen molar-refractivity contribution in [3.05, 3.63) is 34.9 Å². The minimum Gasteiger partial charge on any atom is -0.480 e. The van der Waals surface area contributed by atoms with E-state index >= 15 is 0 Å². The van der Waals surface area contributed by atoms with Gasteiger partial charge in [0.2, 0.25) is 0 Å². The molecule has 0 amide bonds. The third kappa shape index (κ3) is 3.84. The summed E-state index contributed by atoms with van der Waals surface area (Å²) < 4.78 is 0. The van der Waals surface area contributed by atoms with Crippen LogP contribution in [0.2, 0.25) is 0 Å². The average Bonchev–Trinajstić information content (AvgIpc) is 2.25. The maximum Gasteiger partial charge on any atom is 0.317 e. The van der Waals surface area contributed by atoms with Crippen molar-refractivity contribution in [1.29, 1.82) is 0 Å². The molecule has 1 rings (SSSR count). The Bertz CT molecular complexity index is 404. The maximum absolute atomic E-state index is 10.4. The average molecular weight is 237 g/mol. The van der Waals surface area contributed by atoms with Crippen LogP contribution in [0.15, 0.2) is 18.2 Å². The van der Waals surface area contributed by atoms with Gasteiger partial charge in [0, 0.05) is 6.04 Å². The van der Waals surface area contributed by atoms with Crippen molar-refractivity contribution < 1.29 is 15.0 Å². The van der Waals surface area contributed by atoms with Crippen LogP contribution in [0.5, 0.6) is 0 Å². The van der Waals surface area contributed by atoms with E-state index in [0.29, 0.717) is 0 Å². The number of carboxylic acid groups (broad SMARTS) is 1. The first-order valence-corrected chi connectivity index (χ1v) is 5.62. The molecule has 17 heavy (non-hydrogen) atoms. The topological polar surface area (TPSA) is 69.6 Å². The molecular weight excluding hydrogens is 218 g/mol. The molecule has 2 unspecified atom stereocenters. The molecule has 2 atom stereocenters. The number of aryl methyl sites for hydroxylation is 2. The standard InChI is InChI=1S/C13H19NO3/c1-8-4-5-11(9(2)6-8)13(17)10(3)14-7-12(15)16/h4-6,10,13-14,17H,7H2,1-3H3,(H,15,16). The van der Waals surface area contributed by atoms with Gasteiger partial charge >= 0.3 is 5.97 Å². The van der Waals surface area contributed by atoms with Gasteiger partial charge in [0.25, 0.3) is 0 Å². The van der Waals surface area contributed by atoms with Gasteiger partial charge in [-0.2, -0.15) is 0 Å². The Hall–Kier alpha value is -1.39. The van der Waals surface area contributed by atoms with Crippen molar-refractivity contribution in [2.24, 2.45) is 0 Å². The minimum absolute atomic E-state index is 0.150. The smallest absolute Gasteiger partial charge is 0.317 e. The van der Waals surface area contributed by atoms with Gasteiger partial charge in [-0.1, -0.05) is 23.8 Å². The molecule has 1 aromatic carbocycles. The number of aliphatic carboxylic acids is 1. The number of nitrogens with one attached hydrogen (secondary N) is 1. The van der Waals surface area contributed by atoms with E-state index in [2.05, 4.69) is 5.32 Å². The van der Waals surface area contributed by atoms with Crippen molar-refractivity contribution in [3.8, 4) is 0 Å². The Kier molecular flexibility index (Phi) is 4.66.